The van der Waals surface area contributed by atoms with Gasteiger partial charge in [0.25, 0.3) is 5.91 Å². The average molecular weight is 481 g/mol. The third-order valence-electron chi connectivity index (χ3n) is 4.76. The molecule has 1 saturated heterocycles. The second kappa shape index (κ2) is 10.5. The van der Waals surface area contributed by atoms with Crippen molar-refractivity contribution in [2.45, 2.75) is 6.61 Å². The van der Waals surface area contributed by atoms with Gasteiger partial charge in [0.2, 0.25) is 0 Å². The molecule has 168 valence electrons. The van der Waals surface area contributed by atoms with Crippen LogP contribution < -0.4 is 19.5 Å². The largest absolute Gasteiger partial charge is 0.497 e. The van der Waals surface area contributed by atoms with Crippen LogP contribution in [0.5, 0.6) is 17.2 Å². The highest BCUT2D eigenvalue weighted by Gasteiger charge is 2.24. The summed E-state index contributed by atoms with van der Waals surface area (Å²) < 4.78 is 16.4. The Morgan fingerprint density at radius 3 is 2.39 bits per heavy atom. The molecule has 0 atom stereocenters. The average Bonchev–Trinajstić information content (AvgIpc) is 3.18. The molecule has 1 aliphatic heterocycles. The standard InChI is InChI=1S/C25H21ClN2O4S/c1-30-20-11-12-21(22(14-20)31-2)27-25-28-24(29)23(33-25)13-16-5-9-19(10-6-16)32-15-17-3-7-18(26)8-4-17/h3-14H,15H2,1-2H3,(H,27,28,29). The van der Waals surface area contributed by atoms with Gasteiger partial charge >= 0.3 is 0 Å². The Morgan fingerprint density at radius 2 is 1.70 bits per heavy atom. The summed E-state index contributed by atoms with van der Waals surface area (Å²) >= 11 is 7.18. The fourth-order valence-electron chi connectivity index (χ4n) is 3.03. The number of hydrogen-bond donors (Lipinski definition) is 1. The molecular formula is C25H21ClN2O4S. The number of thioether (sulfide) groups is 1. The van der Waals surface area contributed by atoms with E-state index >= 15 is 0 Å². The minimum atomic E-state index is -0.200. The van der Waals surface area contributed by atoms with Crippen LogP contribution in [0.25, 0.3) is 6.08 Å². The molecule has 1 fully saturated rings. The molecule has 0 spiro atoms. The molecule has 0 aromatic heterocycles. The molecule has 1 heterocycles. The van der Waals surface area contributed by atoms with Gasteiger partial charge in [-0.3, -0.25) is 4.79 Å². The highest BCUT2D eigenvalue weighted by Crippen LogP contribution is 2.34. The summed E-state index contributed by atoms with van der Waals surface area (Å²) in [5, 5.41) is 3.97. The number of carbonyl (C=O) groups is 1. The van der Waals surface area contributed by atoms with Gasteiger partial charge in [0, 0.05) is 11.1 Å². The Balaban J connectivity index is 1.42. The number of carbonyl (C=O) groups excluding carboxylic acids is 1. The number of nitrogens with zero attached hydrogens (tertiary/aromatic N) is 1. The fourth-order valence-corrected chi connectivity index (χ4v) is 3.99. The molecule has 0 saturated carbocycles. The molecule has 0 radical (unpaired) electrons. The van der Waals surface area contributed by atoms with E-state index in [-0.39, 0.29) is 5.91 Å². The SMILES string of the molecule is COc1ccc(N=C2NC(=O)C(=Cc3ccc(OCc4ccc(Cl)cc4)cc3)S2)c(OC)c1. The summed E-state index contributed by atoms with van der Waals surface area (Å²) in [7, 11) is 3.15. The third-order valence-corrected chi connectivity index (χ3v) is 5.92. The van der Waals surface area contributed by atoms with E-state index in [1.54, 1.807) is 32.4 Å². The van der Waals surface area contributed by atoms with Crippen LogP contribution in [0, 0.1) is 0 Å². The van der Waals surface area contributed by atoms with Crippen molar-refractivity contribution in [2.75, 3.05) is 14.2 Å². The van der Waals surface area contributed by atoms with Gasteiger partial charge in [-0.25, -0.2) is 4.99 Å². The van der Waals surface area contributed by atoms with E-state index in [1.807, 2.05) is 54.6 Å². The smallest absolute Gasteiger partial charge is 0.264 e. The monoisotopic (exact) mass is 480 g/mol. The lowest BCUT2D eigenvalue weighted by Gasteiger charge is -2.07. The van der Waals surface area contributed by atoms with E-state index in [0.29, 0.717) is 38.9 Å². The quantitative estimate of drug-likeness (QED) is 0.431. The molecule has 0 unspecified atom stereocenters. The van der Waals surface area contributed by atoms with Gasteiger partial charge in [0.1, 0.15) is 29.5 Å². The molecule has 0 bridgehead atoms. The van der Waals surface area contributed by atoms with Gasteiger partial charge in [-0.15, -0.1) is 0 Å². The molecule has 3 aromatic rings. The first-order valence-electron chi connectivity index (χ1n) is 10.0. The number of amides is 1. The molecule has 4 rings (SSSR count). The highest BCUT2D eigenvalue weighted by atomic mass is 35.5. The van der Waals surface area contributed by atoms with Crippen molar-refractivity contribution in [2.24, 2.45) is 4.99 Å². The van der Waals surface area contributed by atoms with Gasteiger partial charge in [0.05, 0.1) is 19.1 Å². The van der Waals surface area contributed by atoms with Gasteiger partial charge in [-0.05, 0) is 65.4 Å². The number of aliphatic imine (C=N–C) groups is 1. The van der Waals surface area contributed by atoms with E-state index in [9.17, 15) is 4.79 Å². The normalized spacial score (nSPS) is 15.5. The summed E-state index contributed by atoms with van der Waals surface area (Å²) in [5.74, 6) is 1.77. The Kier molecular flexibility index (Phi) is 7.22. The van der Waals surface area contributed by atoms with Crippen LogP contribution in [-0.4, -0.2) is 25.3 Å². The number of rotatable bonds is 7. The van der Waals surface area contributed by atoms with Crippen molar-refractivity contribution >= 4 is 46.2 Å². The molecule has 1 amide bonds. The summed E-state index contributed by atoms with van der Waals surface area (Å²) in [6.45, 7) is 0.449. The van der Waals surface area contributed by atoms with Gasteiger partial charge in [-0.1, -0.05) is 35.9 Å². The fraction of sp³-hybridized carbons (Fsp3) is 0.120. The lowest BCUT2D eigenvalue weighted by molar-refractivity contribution is -0.115. The van der Waals surface area contributed by atoms with Crippen LogP contribution in [0.1, 0.15) is 11.1 Å². The zero-order valence-electron chi connectivity index (χ0n) is 18.0. The topological polar surface area (TPSA) is 69.2 Å². The van der Waals surface area contributed by atoms with Crippen molar-refractivity contribution in [1.82, 2.24) is 5.32 Å². The van der Waals surface area contributed by atoms with Crippen LogP contribution in [0.4, 0.5) is 5.69 Å². The van der Waals surface area contributed by atoms with E-state index in [0.717, 1.165) is 16.9 Å². The molecule has 0 aliphatic carbocycles. The molecule has 33 heavy (non-hydrogen) atoms. The minimum absolute atomic E-state index is 0.200. The van der Waals surface area contributed by atoms with E-state index in [1.165, 1.54) is 11.8 Å². The maximum atomic E-state index is 12.4. The number of hydrogen-bond acceptors (Lipinski definition) is 6. The Bertz CT molecular complexity index is 1210. The maximum absolute atomic E-state index is 12.4. The zero-order chi connectivity index (χ0) is 23.2. The zero-order valence-corrected chi connectivity index (χ0v) is 19.6. The second-order valence-corrected chi connectivity index (χ2v) is 8.47. The van der Waals surface area contributed by atoms with Gasteiger partial charge in [0.15, 0.2) is 5.17 Å². The minimum Gasteiger partial charge on any atom is -0.497 e. The van der Waals surface area contributed by atoms with Crippen LogP contribution in [0.3, 0.4) is 0 Å². The molecule has 8 heteroatoms. The van der Waals surface area contributed by atoms with Crippen LogP contribution >= 0.6 is 23.4 Å². The summed E-state index contributed by atoms with van der Waals surface area (Å²) in [5.41, 5.74) is 2.52. The van der Waals surface area contributed by atoms with Gasteiger partial charge in [-0.2, -0.15) is 0 Å². The van der Waals surface area contributed by atoms with Crippen LogP contribution in [0.15, 0.2) is 76.6 Å². The van der Waals surface area contributed by atoms with Crippen molar-refractivity contribution in [3.05, 3.63) is 87.8 Å². The number of amidine groups is 1. The third kappa shape index (κ3) is 5.88. The predicted octanol–water partition coefficient (Wildman–Crippen LogP) is 5.83. The van der Waals surface area contributed by atoms with E-state index in [2.05, 4.69) is 10.3 Å². The second-order valence-electron chi connectivity index (χ2n) is 7.00. The lowest BCUT2D eigenvalue weighted by atomic mass is 10.2. The Morgan fingerprint density at radius 1 is 0.970 bits per heavy atom. The van der Waals surface area contributed by atoms with Crippen LogP contribution in [0.2, 0.25) is 5.02 Å². The van der Waals surface area contributed by atoms with Crippen LogP contribution in [-0.2, 0) is 11.4 Å². The summed E-state index contributed by atoms with van der Waals surface area (Å²) in [6.07, 6.45) is 1.82. The lowest BCUT2D eigenvalue weighted by Crippen LogP contribution is -2.19. The molecular weight excluding hydrogens is 460 g/mol. The Labute approximate surface area is 201 Å². The van der Waals surface area contributed by atoms with Gasteiger partial charge < -0.3 is 19.5 Å². The Hall–Kier alpha value is -3.42. The van der Waals surface area contributed by atoms with Crippen molar-refractivity contribution in [3.8, 4) is 17.2 Å². The molecule has 1 N–H and O–H groups in total. The summed E-state index contributed by atoms with van der Waals surface area (Å²) in [4.78, 5) is 17.5. The van der Waals surface area contributed by atoms with Crippen molar-refractivity contribution < 1.29 is 19.0 Å². The molecule has 6 nitrogen and oxygen atoms in total. The number of halogens is 1. The number of nitrogens with one attached hydrogen (secondary N) is 1. The van der Waals surface area contributed by atoms with E-state index in [4.69, 9.17) is 25.8 Å². The molecule has 3 aromatic carbocycles. The highest BCUT2D eigenvalue weighted by molar-refractivity contribution is 8.18. The first kappa shape index (κ1) is 22.8. The van der Waals surface area contributed by atoms with Crippen molar-refractivity contribution in [1.29, 1.82) is 0 Å². The molecule has 1 aliphatic rings. The summed E-state index contributed by atoms with van der Waals surface area (Å²) in [6, 6.07) is 20.4. The van der Waals surface area contributed by atoms with Crippen molar-refractivity contribution in [3.63, 3.8) is 0 Å². The first-order chi connectivity index (χ1) is 16.0. The predicted molar refractivity (Wildman–Crippen MR) is 133 cm³/mol. The maximum Gasteiger partial charge on any atom is 0.264 e. The number of ether oxygens (including phenoxy) is 3. The number of benzene rings is 3. The number of methoxy groups -OCH3 is 2. The van der Waals surface area contributed by atoms with E-state index < -0.39 is 0 Å². The first-order valence-corrected chi connectivity index (χ1v) is 11.2.